The lowest BCUT2D eigenvalue weighted by atomic mass is 10.1. The van der Waals surface area contributed by atoms with Gasteiger partial charge < -0.3 is 4.90 Å². The van der Waals surface area contributed by atoms with Crippen molar-refractivity contribution >= 4 is 50.6 Å². The fourth-order valence-electron chi connectivity index (χ4n) is 3.30. The van der Waals surface area contributed by atoms with E-state index in [1.165, 1.54) is 34.9 Å². The lowest BCUT2D eigenvalue weighted by Gasteiger charge is -2.34. The van der Waals surface area contributed by atoms with Crippen LogP contribution in [0.3, 0.4) is 0 Å². The largest absolute Gasteiger partial charge is 0.354 e. The quantitative estimate of drug-likeness (QED) is 0.483. The van der Waals surface area contributed by atoms with Gasteiger partial charge in [-0.05, 0) is 36.4 Å². The number of aromatic nitrogens is 2. The molecule has 0 bridgehead atoms. The average molecular weight is 502 g/mol. The molecule has 11 heteroatoms. The molecule has 0 saturated carbocycles. The molecule has 1 aromatic heterocycles. The zero-order valence-electron chi connectivity index (χ0n) is 16.0. The molecule has 31 heavy (non-hydrogen) atoms. The van der Waals surface area contributed by atoms with Crippen molar-refractivity contribution in [3.8, 4) is 11.3 Å². The third-order valence-electron chi connectivity index (χ3n) is 4.95. The molecule has 2 heterocycles. The van der Waals surface area contributed by atoms with Gasteiger partial charge in [0.1, 0.15) is 22.9 Å². The molecule has 2 aromatic carbocycles. The van der Waals surface area contributed by atoms with Crippen LogP contribution >= 0.6 is 34.8 Å². The third-order valence-corrected chi connectivity index (χ3v) is 8.03. The Labute approximate surface area is 194 Å². The maximum atomic E-state index is 13.2. The summed E-state index contributed by atoms with van der Waals surface area (Å²) in [5.74, 6) is 0.344. The highest BCUT2D eigenvalue weighted by atomic mass is 35.5. The van der Waals surface area contributed by atoms with E-state index in [2.05, 4.69) is 9.97 Å². The van der Waals surface area contributed by atoms with Crippen LogP contribution in [-0.4, -0.2) is 48.9 Å². The van der Waals surface area contributed by atoms with Gasteiger partial charge in [-0.15, -0.1) is 0 Å². The van der Waals surface area contributed by atoms with Crippen LogP contribution in [0.4, 0.5) is 10.2 Å². The van der Waals surface area contributed by atoms with Gasteiger partial charge in [-0.3, -0.25) is 0 Å². The predicted molar refractivity (Wildman–Crippen MR) is 120 cm³/mol. The van der Waals surface area contributed by atoms with Gasteiger partial charge in [-0.1, -0.05) is 34.8 Å². The van der Waals surface area contributed by atoms with Crippen LogP contribution in [0.1, 0.15) is 0 Å². The molecule has 6 nitrogen and oxygen atoms in total. The fourth-order valence-corrected chi connectivity index (χ4v) is 5.70. The molecule has 1 fully saturated rings. The summed E-state index contributed by atoms with van der Waals surface area (Å²) < 4.78 is 40.6. The van der Waals surface area contributed by atoms with Crippen LogP contribution in [-0.2, 0) is 10.0 Å². The van der Waals surface area contributed by atoms with Gasteiger partial charge >= 0.3 is 0 Å². The molecule has 162 valence electrons. The van der Waals surface area contributed by atoms with Crippen LogP contribution in [0.2, 0.25) is 15.1 Å². The van der Waals surface area contributed by atoms with Crippen LogP contribution in [0.5, 0.6) is 0 Å². The van der Waals surface area contributed by atoms with Gasteiger partial charge in [0.2, 0.25) is 10.0 Å². The van der Waals surface area contributed by atoms with Gasteiger partial charge in [0.05, 0.1) is 20.8 Å². The van der Waals surface area contributed by atoms with Crippen molar-refractivity contribution in [3.05, 3.63) is 69.7 Å². The molecule has 1 aliphatic heterocycles. The summed E-state index contributed by atoms with van der Waals surface area (Å²) in [4.78, 5) is 10.5. The van der Waals surface area contributed by atoms with E-state index in [1.807, 2.05) is 4.90 Å². The first-order valence-corrected chi connectivity index (χ1v) is 11.8. The monoisotopic (exact) mass is 500 g/mol. The summed E-state index contributed by atoms with van der Waals surface area (Å²) in [6.07, 6.45) is 1.44. The molecule has 0 atom stereocenters. The predicted octanol–water partition coefficient (Wildman–Crippen LogP) is 4.75. The maximum Gasteiger partial charge on any atom is 0.244 e. The fraction of sp³-hybridized carbons (Fsp3) is 0.200. The van der Waals surface area contributed by atoms with Gasteiger partial charge in [0, 0.05) is 37.8 Å². The van der Waals surface area contributed by atoms with E-state index in [9.17, 15) is 12.8 Å². The number of piperazine rings is 1. The third kappa shape index (κ3) is 4.63. The molecule has 1 aliphatic rings. The number of halogens is 4. The standard InChI is InChI=1S/C20H16Cl3FN4O2S/c21-15-9-17(23)19(10-16(15)22)31(29,30)28-7-5-27(6-8-28)20-11-18(25-12-26-20)13-1-3-14(24)4-2-13/h1-4,9-12H,5-8H2. The number of benzene rings is 2. The molecule has 3 aromatic rings. The summed E-state index contributed by atoms with van der Waals surface area (Å²) in [6, 6.07) is 10.4. The van der Waals surface area contributed by atoms with Crippen LogP contribution < -0.4 is 4.90 Å². The Morgan fingerprint density at radius 1 is 0.839 bits per heavy atom. The van der Waals surface area contributed by atoms with Gasteiger partial charge in [-0.2, -0.15) is 4.31 Å². The van der Waals surface area contributed by atoms with Gasteiger partial charge in [0.15, 0.2) is 0 Å². The van der Waals surface area contributed by atoms with Crippen molar-refractivity contribution < 1.29 is 12.8 Å². The van der Waals surface area contributed by atoms with Crippen molar-refractivity contribution in [3.63, 3.8) is 0 Å². The molecule has 0 radical (unpaired) electrons. The molecule has 4 rings (SSSR count). The first kappa shape index (κ1) is 22.2. The minimum absolute atomic E-state index is 0.0246. The smallest absolute Gasteiger partial charge is 0.244 e. The maximum absolute atomic E-state index is 13.2. The highest BCUT2D eigenvalue weighted by molar-refractivity contribution is 7.89. The molecule has 1 saturated heterocycles. The van der Waals surface area contributed by atoms with Crippen molar-refractivity contribution in [2.24, 2.45) is 0 Å². The lowest BCUT2D eigenvalue weighted by molar-refractivity contribution is 0.384. The molecule has 0 amide bonds. The minimum Gasteiger partial charge on any atom is -0.354 e. The van der Waals surface area contributed by atoms with E-state index in [4.69, 9.17) is 34.8 Å². The molecule has 0 N–H and O–H groups in total. The minimum atomic E-state index is -3.83. The van der Waals surface area contributed by atoms with E-state index in [1.54, 1.807) is 18.2 Å². The van der Waals surface area contributed by atoms with Crippen molar-refractivity contribution in [2.75, 3.05) is 31.1 Å². The first-order chi connectivity index (χ1) is 14.8. The van der Waals surface area contributed by atoms with E-state index < -0.39 is 10.0 Å². The number of hydrogen-bond donors (Lipinski definition) is 0. The average Bonchev–Trinajstić information content (AvgIpc) is 2.77. The summed E-state index contributed by atoms with van der Waals surface area (Å²) >= 11 is 18.0. The molecule has 0 unspecified atom stereocenters. The second-order valence-corrected chi connectivity index (χ2v) is 9.98. The van der Waals surface area contributed by atoms with Crippen molar-refractivity contribution in [1.82, 2.24) is 14.3 Å². The summed E-state index contributed by atoms with van der Waals surface area (Å²) in [7, 11) is -3.83. The number of nitrogens with zero attached hydrogens (tertiary/aromatic N) is 4. The SMILES string of the molecule is O=S(=O)(c1cc(Cl)c(Cl)cc1Cl)N1CCN(c2cc(-c3ccc(F)cc3)ncn2)CC1. The number of rotatable bonds is 4. The zero-order chi connectivity index (χ0) is 22.2. The molecular weight excluding hydrogens is 486 g/mol. The van der Waals surface area contributed by atoms with Crippen LogP contribution in [0.15, 0.2) is 53.7 Å². The van der Waals surface area contributed by atoms with Crippen molar-refractivity contribution in [1.29, 1.82) is 0 Å². The Morgan fingerprint density at radius 2 is 1.48 bits per heavy atom. The van der Waals surface area contributed by atoms with Crippen LogP contribution in [0, 0.1) is 5.82 Å². The zero-order valence-corrected chi connectivity index (χ0v) is 19.1. The highest BCUT2D eigenvalue weighted by Crippen LogP contribution is 2.33. The number of hydrogen-bond acceptors (Lipinski definition) is 5. The lowest BCUT2D eigenvalue weighted by Crippen LogP contribution is -2.49. The topological polar surface area (TPSA) is 66.4 Å². The Kier molecular flexibility index (Phi) is 6.37. The van der Waals surface area contributed by atoms with Gasteiger partial charge in [0.25, 0.3) is 0 Å². The highest BCUT2D eigenvalue weighted by Gasteiger charge is 2.31. The molecule has 0 spiro atoms. The Morgan fingerprint density at radius 3 is 2.16 bits per heavy atom. The Balaban J connectivity index is 1.51. The normalized spacial score (nSPS) is 15.3. The number of sulfonamides is 1. The second-order valence-electron chi connectivity index (χ2n) is 6.86. The molecular formula is C20H16Cl3FN4O2S. The Bertz CT molecular complexity index is 1220. The summed E-state index contributed by atoms with van der Waals surface area (Å²) in [6.45, 7) is 1.35. The number of anilines is 1. The Hall–Kier alpha value is -1.97. The van der Waals surface area contributed by atoms with Gasteiger partial charge in [-0.25, -0.2) is 22.8 Å². The molecule has 0 aliphatic carbocycles. The summed E-state index contributed by atoms with van der Waals surface area (Å²) in [5, 5.41) is 0.338. The van der Waals surface area contributed by atoms with Crippen LogP contribution in [0.25, 0.3) is 11.3 Å². The summed E-state index contributed by atoms with van der Waals surface area (Å²) in [5.41, 5.74) is 1.42. The second kappa shape index (κ2) is 8.88. The van der Waals surface area contributed by atoms with E-state index in [-0.39, 0.29) is 38.9 Å². The van der Waals surface area contributed by atoms with Crippen molar-refractivity contribution in [2.45, 2.75) is 4.90 Å². The van der Waals surface area contributed by atoms with E-state index in [0.29, 0.717) is 24.6 Å². The van der Waals surface area contributed by atoms with E-state index >= 15 is 0 Å². The van der Waals surface area contributed by atoms with E-state index in [0.717, 1.165) is 5.56 Å². The first-order valence-electron chi connectivity index (χ1n) is 9.23.